The Balaban J connectivity index is 4.05. The summed E-state index contributed by atoms with van der Waals surface area (Å²) in [5.74, 6) is -0.115. The summed E-state index contributed by atoms with van der Waals surface area (Å²) in [6, 6.07) is 0. The molecule has 0 unspecified atom stereocenters. The van der Waals surface area contributed by atoms with Crippen LogP contribution in [0.15, 0.2) is 0 Å². The van der Waals surface area contributed by atoms with Crippen molar-refractivity contribution >= 4 is 5.91 Å². The van der Waals surface area contributed by atoms with Crippen LogP contribution in [0.3, 0.4) is 0 Å². The smallest absolute Gasteiger partial charge is 0.243 e. The van der Waals surface area contributed by atoms with Crippen molar-refractivity contribution in [3.8, 4) is 0 Å². The average Bonchev–Trinajstić information content (AvgIpc) is 1.83. The van der Waals surface area contributed by atoms with Gasteiger partial charge in [-0.25, -0.2) is 5.06 Å². The van der Waals surface area contributed by atoms with Gasteiger partial charge >= 0.3 is 0 Å². The largest absolute Gasteiger partial charge is 0.329 e. The van der Waals surface area contributed by atoms with Gasteiger partial charge in [0.2, 0.25) is 5.91 Å². The van der Waals surface area contributed by atoms with E-state index in [0.717, 1.165) is 0 Å². The van der Waals surface area contributed by atoms with Gasteiger partial charge in [-0.15, -0.1) is 0 Å². The van der Waals surface area contributed by atoms with E-state index in [4.69, 9.17) is 10.6 Å². The lowest BCUT2D eigenvalue weighted by atomic mass is 10.2. The summed E-state index contributed by atoms with van der Waals surface area (Å²) in [5, 5.41) is 1.29. The zero-order valence-electron chi connectivity index (χ0n) is 8.26. The van der Waals surface area contributed by atoms with E-state index in [0.29, 0.717) is 13.1 Å². The molecule has 0 aromatic heterocycles. The van der Waals surface area contributed by atoms with Gasteiger partial charge in [-0.2, -0.15) is 0 Å². The molecule has 0 fully saturated rings. The fraction of sp³-hybridized carbons (Fsp3) is 0.875. The third-order valence-corrected chi connectivity index (χ3v) is 1.07. The number of hydroxylamine groups is 2. The third-order valence-electron chi connectivity index (χ3n) is 1.07. The van der Waals surface area contributed by atoms with Crippen molar-refractivity contribution in [3.63, 3.8) is 0 Å². The SMILES string of the molecule is CC(=O)N(CCN)OC(C)(C)C. The Morgan fingerprint density at radius 3 is 2.25 bits per heavy atom. The van der Waals surface area contributed by atoms with E-state index in [1.54, 1.807) is 0 Å². The van der Waals surface area contributed by atoms with Crippen molar-refractivity contribution in [2.75, 3.05) is 13.1 Å². The Labute approximate surface area is 73.6 Å². The van der Waals surface area contributed by atoms with Gasteiger partial charge in [-0.1, -0.05) is 0 Å². The summed E-state index contributed by atoms with van der Waals surface area (Å²) in [4.78, 5) is 16.3. The van der Waals surface area contributed by atoms with Crippen molar-refractivity contribution < 1.29 is 9.63 Å². The predicted molar refractivity (Wildman–Crippen MR) is 47.3 cm³/mol. The summed E-state index contributed by atoms with van der Waals surface area (Å²) < 4.78 is 0. The molecule has 12 heavy (non-hydrogen) atoms. The lowest BCUT2D eigenvalue weighted by molar-refractivity contribution is -0.224. The molecule has 0 atom stereocenters. The first-order chi connectivity index (χ1) is 5.37. The molecule has 72 valence electrons. The maximum Gasteiger partial charge on any atom is 0.243 e. The number of nitrogens with zero attached hydrogens (tertiary/aromatic N) is 1. The molecule has 0 heterocycles. The van der Waals surface area contributed by atoms with Crippen LogP contribution in [0.2, 0.25) is 0 Å². The normalized spacial score (nSPS) is 11.4. The Hall–Kier alpha value is -0.610. The van der Waals surface area contributed by atoms with E-state index in [1.165, 1.54) is 12.0 Å². The van der Waals surface area contributed by atoms with Crippen LogP contribution in [0.5, 0.6) is 0 Å². The van der Waals surface area contributed by atoms with Crippen LogP contribution in [-0.2, 0) is 9.63 Å². The first-order valence-electron chi connectivity index (χ1n) is 4.04. The van der Waals surface area contributed by atoms with Crippen LogP contribution in [0.1, 0.15) is 27.7 Å². The molecule has 0 aliphatic carbocycles. The molecule has 4 heteroatoms. The van der Waals surface area contributed by atoms with Gasteiger partial charge in [0, 0.05) is 13.5 Å². The maximum absolute atomic E-state index is 11.0. The molecular formula is C8H18N2O2. The van der Waals surface area contributed by atoms with Crippen molar-refractivity contribution in [3.05, 3.63) is 0 Å². The summed E-state index contributed by atoms with van der Waals surface area (Å²) in [5.41, 5.74) is 4.97. The molecule has 0 saturated carbocycles. The van der Waals surface area contributed by atoms with Gasteiger partial charge in [-0.3, -0.25) is 9.63 Å². The van der Waals surface area contributed by atoms with Crippen molar-refractivity contribution in [2.45, 2.75) is 33.3 Å². The minimum Gasteiger partial charge on any atom is -0.329 e. The summed E-state index contributed by atoms with van der Waals surface area (Å²) in [6.07, 6.45) is 0. The van der Waals surface area contributed by atoms with Gasteiger partial charge in [0.1, 0.15) is 0 Å². The van der Waals surface area contributed by atoms with Gasteiger partial charge in [-0.05, 0) is 20.8 Å². The van der Waals surface area contributed by atoms with E-state index in [-0.39, 0.29) is 11.5 Å². The Bertz CT molecular complexity index is 152. The van der Waals surface area contributed by atoms with Gasteiger partial charge in [0.25, 0.3) is 0 Å². The van der Waals surface area contributed by atoms with Crippen molar-refractivity contribution in [2.24, 2.45) is 5.73 Å². The first-order valence-corrected chi connectivity index (χ1v) is 4.04. The second-order valence-electron chi connectivity index (χ2n) is 3.61. The molecule has 0 aliphatic heterocycles. The Morgan fingerprint density at radius 2 is 2.00 bits per heavy atom. The van der Waals surface area contributed by atoms with E-state index in [2.05, 4.69) is 0 Å². The summed E-state index contributed by atoms with van der Waals surface area (Å²) in [6.45, 7) is 7.97. The number of carbonyl (C=O) groups excluding carboxylic acids is 1. The monoisotopic (exact) mass is 174 g/mol. The number of hydrogen-bond acceptors (Lipinski definition) is 3. The summed E-state index contributed by atoms with van der Waals surface area (Å²) >= 11 is 0. The molecule has 2 N–H and O–H groups in total. The zero-order chi connectivity index (χ0) is 9.78. The Kier molecular flexibility index (Phi) is 4.20. The number of nitrogens with two attached hydrogens (primary N) is 1. The highest BCUT2D eigenvalue weighted by molar-refractivity contribution is 5.72. The van der Waals surface area contributed by atoms with Gasteiger partial charge in [0.15, 0.2) is 0 Å². The van der Waals surface area contributed by atoms with E-state index in [9.17, 15) is 4.79 Å². The van der Waals surface area contributed by atoms with Gasteiger partial charge < -0.3 is 5.73 Å². The quantitative estimate of drug-likeness (QED) is 0.635. The van der Waals surface area contributed by atoms with E-state index >= 15 is 0 Å². The highest BCUT2D eigenvalue weighted by Crippen LogP contribution is 2.09. The number of amides is 1. The number of hydrogen-bond donors (Lipinski definition) is 1. The van der Waals surface area contributed by atoms with Crippen LogP contribution < -0.4 is 5.73 Å². The fourth-order valence-corrected chi connectivity index (χ4v) is 0.715. The van der Waals surface area contributed by atoms with Crippen LogP contribution >= 0.6 is 0 Å². The topological polar surface area (TPSA) is 55.6 Å². The summed E-state index contributed by atoms with van der Waals surface area (Å²) in [7, 11) is 0. The lowest BCUT2D eigenvalue weighted by Gasteiger charge is -2.28. The molecule has 0 radical (unpaired) electrons. The highest BCUT2D eigenvalue weighted by Gasteiger charge is 2.18. The fourth-order valence-electron chi connectivity index (χ4n) is 0.715. The molecular weight excluding hydrogens is 156 g/mol. The molecule has 0 aromatic rings. The van der Waals surface area contributed by atoms with Crippen molar-refractivity contribution in [1.82, 2.24) is 5.06 Å². The number of rotatable bonds is 3. The molecule has 4 nitrogen and oxygen atoms in total. The maximum atomic E-state index is 11.0. The van der Waals surface area contributed by atoms with Crippen molar-refractivity contribution in [1.29, 1.82) is 0 Å². The second-order valence-corrected chi connectivity index (χ2v) is 3.61. The molecule has 0 rings (SSSR count). The first kappa shape index (κ1) is 11.4. The van der Waals surface area contributed by atoms with Crippen LogP contribution in [0, 0.1) is 0 Å². The minimum atomic E-state index is -0.346. The lowest BCUT2D eigenvalue weighted by Crippen LogP contribution is -2.39. The zero-order valence-corrected chi connectivity index (χ0v) is 8.26. The molecule has 0 saturated heterocycles. The average molecular weight is 174 g/mol. The van der Waals surface area contributed by atoms with Crippen LogP contribution in [-0.4, -0.2) is 29.7 Å². The molecule has 0 aromatic carbocycles. The highest BCUT2D eigenvalue weighted by atomic mass is 16.7. The van der Waals surface area contributed by atoms with Crippen LogP contribution in [0.4, 0.5) is 0 Å². The van der Waals surface area contributed by atoms with E-state index in [1.807, 2.05) is 20.8 Å². The molecule has 0 bridgehead atoms. The predicted octanol–water partition coefficient (Wildman–Crippen LogP) is 0.524. The van der Waals surface area contributed by atoms with Crippen LogP contribution in [0.25, 0.3) is 0 Å². The standard InChI is InChI=1S/C8H18N2O2/c1-7(11)10(6-5-9)12-8(2,3)4/h5-6,9H2,1-4H3. The van der Waals surface area contributed by atoms with Gasteiger partial charge in [0.05, 0.1) is 12.1 Å². The second kappa shape index (κ2) is 4.42. The molecule has 0 aliphatic rings. The Morgan fingerprint density at radius 1 is 1.50 bits per heavy atom. The van der Waals surface area contributed by atoms with E-state index < -0.39 is 0 Å². The molecule has 1 amide bonds. The molecule has 0 spiro atoms. The third kappa shape index (κ3) is 5.09. The minimum absolute atomic E-state index is 0.115. The number of carbonyl (C=O) groups is 1.